The van der Waals surface area contributed by atoms with Crippen LogP contribution in [0.4, 0.5) is 0 Å². The lowest BCUT2D eigenvalue weighted by Gasteiger charge is -2.10. The van der Waals surface area contributed by atoms with Crippen molar-refractivity contribution in [3.05, 3.63) is 0 Å². The lowest BCUT2D eigenvalue weighted by molar-refractivity contribution is -0.308. The van der Waals surface area contributed by atoms with E-state index >= 15 is 0 Å². The third-order valence-corrected chi connectivity index (χ3v) is 0.650. The molecule has 0 saturated carbocycles. The molecule has 0 aromatic rings. The van der Waals surface area contributed by atoms with Gasteiger partial charge in [-0.2, -0.15) is 0 Å². The fraction of sp³-hybridized carbons (Fsp3) is 0.667. The summed E-state index contributed by atoms with van der Waals surface area (Å²) in [4.78, 5) is 1.43. The summed E-state index contributed by atoms with van der Waals surface area (Å²) in [6, 6.07) is 0. The van der Waals surface area contributed by atoms with E-state index in [0.29, 0.717) is 0 Å². The van der Waals surface area contributed by atoms with Gasteiger partial charge in [0.2, 0.25) is 5.96 Å². The number of nitrogens with zero attached hydrogens (tertiary/aromatic N) is 3. The second kappa shape index (κ2) is 3.10. The molecule has 0 radical (unpaired) electrons. The highest BCUT2D eigenvalue weighted by molar-refractivity contribution is 5.76. The quantitative estimate of drug-likeness (QED) is 0.240. The van der Waals surface area contributed by atoms with Gasteiger partial charge in [0.05, 0.1) is 0 Å². The zero-order chi connectivity index (χ0) is 7.44. The highest BCUT2D eigenvalue weighted by Gasteiger charge is 1.94. The summed E-state index contributed by atoms with van der Waals surface area (Å²) in [7, 11) is 3.25. The molecule has 4 N–H and O–H groups in total. The molecule has 0 heterocycles. The van der Waals surface area contributed by atoms with Crippen molar-refractivity contribution in [2.75, 3.05) is 14.1 Å². The van der Waals surface area contributed by atoms with Crippen LogP contribution < -0.4 is 5.73 Å². The van der Waals surface area contributed by atoms with Gasteiger partial charge in [-0.3, -0.25) is 0 Å². The second-order valence-electron chi connectivity index (χ2n) is 1.62. The fourth-order valence-corrected chi connectivity index (χ4v) is 0.181. The first-order chi connectivity index (χ1) is 4.04. The molecule has 0 unspecified atom stereocenters. The summed E-state index contributed by atoms with van der Waals surface area (Å²) in [6.07, 6.45) is 0. The zero-order valence-corrected chi connectivity index (χ0v) is 5.31. The van der Waals surface area contributed by atoms with Crippen LogP contribution in [0.1, 0.15) is 0 Å². The van der Waals surface area contributed by atoms with Crippen LogP contribution in [-0.2, 0) is 0 Å². The van der Waals surface area contributed by atoms with Gasteiger partial charge in [-0.05, 0) is 5.34 Å². The van der Waals surface area contributed by atoms with E-state index in [1.807, 2.05) is 0 Å². The Morgan fingerprint density at radius 1 is 1.44 bits per heavy atom. The number of guanidine groups is 1. The minimum atomic E-state index is -0.338. The molecule has 0 aliphatic carbocycles. The van der Waals surface area contributed by atoms with Crippen LogP contribution in [-0.4, -0.2) is 40.7 Å². The standard InChI is InChI=1S/C3H10N4O2/c1-6(2)3(4)5-7(8)9/h8-9H,1-2H3,(H2,4,5). The Hall–Kier alpha value is -1.01. The van der Waals surface area contributed by atoms with E-state index in [1.54, 1.807) is 14.1 Å². The molecule has 0 aliphatic heterocycles. The molecule has 0 saturated heterocycles. The summed E-state index contributed by atoms with van der Waals surface area (Å²) < 4.78 is 0. The summed E-state index contributed by atoms with van der Waals surface area (Å²) in [5, 5.41) is 18.8. The first-order valence-electron chi connectivity index (χ1n) is 2.23. The average Bonchev–Trinajstić information content (AvgIpc) is 1.63. The molecule has 0 amide bonds. The van der Waals surface area contributed by atoms with E-state index < -0.39 is 0 Å². The van der Waals surface area contributed by atoms with E-state index in [-0.39, 0.29) is 11.3 Å². The molecule has 0 atom stereocenters. The lowest BCUT2D eigenvalue weighted by atomic mass is 10.8. The van der Waals surface area contributed by atoms with Crippen molar-refractivity contribution in [3.63, 3.8) is 0 Å². The van der Waals surface area contributed by atoms with Gasteiger partial charge < -0.3 is 10.6 Å². The monoisotopic (exact) mass is 134 g/mol. The van der Waals surface area contributed by atoms with Gasteiger partial charge in [0.25, 0.3) is 0 Å². The lowest BCUT2D eigenvalue weighted by Crippen LogP contribution is -2.32. The molecular weight excluding hydrogens is 124 g/mol. The first kappa shape index (κ1) is 7.99. The molecule has 0 spiro atoms. The van der Waals surface area contributed by atoms with Gasteiger partial charge in [-0.15, -0.1) is 0 Å². The Kier molecular flexibility index (Phi) is 2.75. The van der Waals surface area contributed by atoms with Crippen molar-refractivity contribution < 1.29 is 10.4 Å². The summed E-state index contributed by atoms with van der Waals surface area (Å²) in [6.45, 7) is 0. The number of nitrogens with two attached hydrogens (primary N) is 1. The third-order valence-electron chi connectivity index (χ3n) is 0.650. The SMILES string of the molecule is CN(C)C(N)=NN(O)O. The number of hydrazone groups is 1. The molecule has 0 aromatic carbocycles. The molecule has 0 aliphatic rings. The van der Waals surface area contributed by atoms with Crippen molar-refractivity contribution in [3.8, 4) is 0 Å². The number of hydrogen-bond donors (Lipinski definition) is 3. The first-order valence-corrected chi connectivity index (χ1v) is 2.23. The van der Waals surface area contributed by atoms with Crippen molar-refractivity contribution in [1.82, 2.24) is 10.2 Å². The van der Waals surface area contributed by atoms with E-state index in [4.69, 9.17) is 16.1 Å². The topological polar surface area (TPSA) is 85.3 Å². The maximum Gasteiger partial charge on any atom is 0.218 e. The van der Waals surface area contributed by atoms with Gasteiger partial charge in [0, 0.05) is 14.1 Å². The summed E-state index contributed by atoms with van der Waals surface area (Å²) >= 11 is 0. The normalized spacial score (nSPS) is 11.3. The smallest absolute Gasteiger partial charge is 0.218 e. The molecule has 6 heteroatoms. The predicted octanol–water partition coefficient (Wildman–Crippen LogP) is -1.14. The maximum atomic E-state index is 8.07. The molecule has 9 heavy (non-hydrogen) atoms. The van der Waals surface area contributed by atoms with Gasteiger partial charge in [0.15, 0.2) is 0 Å². The van der Waals surface area contributed by atoms with Crippen LogP contribution in [0.25, 0.3) is 0 Å². The Morgan fingerprint density at radius 2 is 1.89 bits per heavy atom. The Morgan fingerprint density at radius 3 is 2.00 bits per heavy atom. The highest BCUT2D eigenvalue weighted by Crippen LogP contribution is 1.77. The van der Waals surface area contributed by atoms with Gasteiger partial charge in [0.1, 0.15) is 0 Å². The Labute approximate surface area is 52.7 Å². The molecule has 0 fully saturated rings. The van der Waals surface area contributed by atoms with Crippen molar-refractivity contribution in [2.45, 2.75) is 0 Å². The minimum Gasteiger partial charge on any atom is -0.368 e. The van der Waals surface area contributed by atoms with Gasteiger partial charge >= 0.3 is 0 Å². The molecule has 0 aromatic heterocycles. The molecule has 0 bridgehead atoms. The van der Waals surface area contributed by atoms with Gasteiger partial charge in [-0.1, -0.05) is 5.10 Å². The second-order valence-corrected chi connectivity index (χ2v) is 1.62. The summed E-state index contributed by atoms with van der Waals surface area (Å²) in [5.41, 5.74) is 5.13. The molecule has 6 nitrogen and oxygen atoms in total. The van der Waals surface area contributed by atoms with Crippen LogP contribution in [0, 0.1) is 0 Å². The molecule has 0 rings (SSSR count). The Balaban J connectivity index is 3.84. The van der Waals surface area contributed by atoms with Crippen LogP contribution in [0.5, 0.6) is 0 Å². The largest absolute Gasteiger partial charge is 0.368 e. The predicted molar refractivity (Wildman–Crippen MR) is 30.7 cm³/mol. The van der Waals surface area contributed by atoms with E-state index in [2.05, 4.69) is 5.10 Å². The zero-order valence-electron chi connectivity index (χ0n) is 5.31. The fourth-order valence-electron chi connectivity index (χ4n) is 0.181. The van der Waals surface area contributed by atoms with Gasteiger partial charge in [-0.25, -0.2) is 10.4 Å². The highest BCUT2D eigenvalue weighted by atomic mass is 16.8. The van der Waals surface area contributed by atoms with E-state index in [1.165, 1.54) is 4.90 Å². The van der Waals surface area contributed by atoms with E-state index in [0.717, 1.165) is 0 Å². The van der Waals surface area contributed by atoms with E-state index in [9.17, 15) is 0 Å². The average molecular weight is 134 g/mol. The summed E-state index contributed by atoms with van der Waals surface area (Å²) in [5.74, 6) is 0.0139. The third kappa shape index (κ3) is 3.56. The van der Waals surface area contributed by atoms with Crippen LogP contribution in [0.2, 0.25) is 0 Å². The molecular formula is C3H10N4O2. The maximum absolute atomic E-state index is 8.07. The van der Waals surface area contributed by atoms with Crippen LogP contribution >= 0.6 is 0 Å². The van der Waals surface area contributed by atoms with Crippen molar-refractivity contribution in [1.29, 1.82) is 0 Å². The van der Waals surface area contributed by atoms with Crippen molar-refractivity contribution >= 4 is 5.96 Å². The molecule has 54 valence electrons. The Bertz CT molecular complexity index is 110. The minimum absolute atomic E-state index is 0.0139. The number of rotatable bonds is 1. The van der Waals surface area contributed by atoms with Crippen LogP contribution in [0.3, 0.4) is 0 Å². The van der Waals surface area contributed by atoms with Crippen molar-refractivity contribution in [2.24, 2.45) is 10.8 Å². The van der Waals surface area contributed by atoms with Crippen LogP contribution in [0.15, 0.2) is 5.10 Å². The number of hydrogen-bond acceptors (Lipinski definition) is 4.